The van der Waals surface area contributed by atoms with Gasteiger partial charge in [-0.15, -0.1) is 29.3 Å². The first-order valence-corrected chi connectivity index (χ1v) is 17.3. The number of nitrogens with zero attached hydrogens (tertiary/aromatic N) is 1. The van der Waals surface area contributed by atoms with Crippen LogP contribution < -0.4 is 0 Å². The fraction of sp³-hybridized carbons (Fsp3) is 0.395. The molecule has 0 amide bonds. The molecule has 48 heavy (non-hydrogen) atoms. The second-order valence-corrected chi connectivity index (χ2v) is 13.9. The largest absolute Gasteiger partial charge is 0.512 e. The molecule has 0 unspecified atom stereocenters. The Morgan fingerprint density at radius 2 is 1.52 bits per heavy atom. The zero-order valence-electron chi connectivity index (χ0n) is 30.2. The van der Waals surface area contributed by atoms with Gasteiger partial charge in [-0.1, -0.05) is 70.9 Å². The first kappa shape index (κ1) is 37.3. The van der Waals surface area contributed by atoms with Crippen LogP contribution in [0.2, 0.25) is 0 Å². The van der Waals surface area contributed by atoms with E-state index in [-0.39, 0.29) is 48.9 Å². The van der Waals surface area contributed by atoms with Crippen LogP contribution >= 0.6 is 0 Å². The SMILES string of the molecule is CCC(CC)C(=O)/C=C(\O)C(CC)CC.Cc1cc(C)c2c(C)cc(-c3[c-]ccc4c3C(C)(C)c3c-4oc4ccc(C)cc34)nc2c1.[Ir]. The van der Waals surface area contributed by atoms with Crippen molar-refractivity contribution < 1.29 is 34.4 Å². The molecule has 6 rings (SSSR count). The zero-order chi connectivity index (χ0) is 34.2. The van der Waals surface area contributed by atoms with E-state index in [1.807, 2.05) is 33.8 Å². The Morgan fingerprint density at radius 3 is 2.17 bits per heavy atom. The molecule has 0 saturated heterocycles. The number of furan rings is 1. The van der Waals surface area contributed by atoms with Gasteiger partial charge in [0.05, 0.1) is 11.3 Å². The summed E-state index contributed by atoms with van der Waals surface area (Å²) in [4.78, 5) is 16.8. The number of rotatable bonds is 8. The van der Waals surface area contributed by atoms with Gasteiger partial charge in [0.2, 0.25) is 0 Å². The van der Waals surface area contributed by atoms with Crippen molar-refractivity contribution >= 4 is 27.7 Å². The zero-order valence-corrected chi connectivity index (χ0v) is 32.6. The number of carbonyl (C=O) groups excluding carboxylic acids is 1. The summed E-state index contributed by atoms with van der Waals surface area (Å²) in [6, 6.07) is 20.8. The molecule has 1 aliphatic rings. The number of ketones is 1. The molecular formula is C43H50IrNO3-. The summed E-state index contributed by atoms with van der Waals surface area (Å²) in [5.74, 6) is 1.54. The van der Waals surface area contributed by atoms with Crippen molar-refractivity contribution in [1.82, 2.24) is 4.98 Å². The second kappa shape index (κ2) is 14.9. The standard InChI is InChI=1S/C30H26NO.C13H24O2.Ir/c1-16-10-11-25-22(13-16)28-29(32-25)21-9-7-8-20(27(21)30(28,5)6)23-15-19(4)26-18(3)12-17(2)14-24(26)31-23;1-5-10(6-2)12(14)9-13(15)11(7-3)8-4;/h7,9-15H,1-6H3;9-11,14H,5-8H2,1-4H3;/q-1;;/b;12-9-;. The molecule has 0 saturated carbocycles. The number of hydrogen-bond donors (Lipinski definition) is 1. The maximum atomic E-state index is 11.7. The molecule has 1 aliphatic carbocycles. The van der Waals surface area contributed by atoms with Gasteiger partial charge in [-0.25, -0.2) is 0 Å². The maximum absolute atomic E-state index is 11.7. The fourth-order valence-corrected chi connectivity index (χ4v) is 7.58. The Balaban J connectivity index is 0.000000279. The van der Waals surface area contributed by atoms with Gasteiger partial charge >= 0.3 is 0 Å². The molecule has 4 nitrogen and oxygen atoms in total. The predicted octanol–water partition coefficient (Wildman–Crippen LogP) is 11.9. The van der Waals surface area contributed by atoms with E-state index in [4.69, 9.17) is 9.40 Å². The quantitative estimate of drug-likeness (QED) is 0.0962. The number of aryl methyl sites for hydroxylation is 4. The van der Waals surface area contributed by atoms with Gasteiger partial charge in [-0.3, -0.25) is 9.78 Å². The van der Waals surface area contributed by atoms with Gasteiger partial charge < -0.3 is 9.52 Å². The molecule has 0 fully saturated rings. The smallest absolute Gasteiger partial charge is 0.162 e. The molecule has 0 bridgehead atoms. The van der Waals surface area contributed by atoms with Crippen LogP contribution in [0.4, 0.5) is 0 Å². The van der Waals surface area contributed by atoms with Gasteiger partial charge in [-0.2, -0.15) is 0 Å². The second-order valence-electron chi connectivity index (χ2n) is 13.9. The average molecular weight is 821 g/mol. The number of hydrogen-bond acceptors (Lipinski definition) is 4. The maximum Gasteiger partial charge on any atom is 0.162 e. The van der Waals surface area contributed by atoms with E-state index in [0.717, 1.165) is 59.4 Å². The normalized spacial score (nSPS) is 13.4. The monoisotopic (exact) mass is 821 g/mol. The van der Waals surface area contributed by atoms with Gasteiger partial charge in [0.15, 0.2) is 5.78 Å². The minimum Gasteiger partial charge on any atom is -0.512 e. The van der Waals surface area contributed by atoms with E-state index in [9.17, 15) is 9.90 Å². The van der Waals surface area contributed by atoms with E-state index in [0.29, 0.717) is 0 Å². The third-order valence-corrected chi connectivity index (χ3v) is 10.1. The van der Waals surface area contributed by atoms with Crippen LogP contribution in [0.15, 0.2) is 64.8 Å². The Hall–Kier alpha value is -3.53. The third-order valence-electron chi connectivity index (χ3n) is 10.1. The summed E-state index contributed by atoms with van der Waals surface area (Å²) >= 11 is 0. The van der Waals surface area contributed by atoms with Crippen LogP contribution in [0.25, 0.3) is 44.5 Å². The number of benzene rings is 3. The molecular weight excluding hydrogens is 771 g/mol. The van der Waals surface area contributed by atoms with Gasteiger partial charge in [0.25, 0.3) is 0 Å². The number of carbonyl (C=O) groups is 1. The molecule has 5 heteroatoms. The topological polar surface area (TPSA) is 63.3 Å². The number of aromatic nitrogens is 1. The minimum atomic E-state index is -0.204. The van der Waals surface area contributed by atoms with Crippen molar-refractivity contribution in [2.24, 2.45) is 11.8 Å². The molecule has 255 valence electrons. The first-order valence-electron chi connectivity index (χ1n) is 17.3. The van der Waals surface area contributed by atoms with Crippen LogP contribution in [0.3, 0.4) is 0 Å². The number of allylic oxidation sites excluding steroid dienone is 2. The summed E-state index contributed by atoms with van der Waals surface area (Å²) in [6.45, 7) is 21.3. The van der Waals surface area contributed by atoms with Gasteiger partial charge in [0, 0.05) is 54.4 Å². The van der Waals surface area contributed by atoms with E-state index in [1.54, 1.807) is 0 Å². The van der Waals surface area contributed by atoms with Crippen LogP contribution in [0, 0.1) is 45.6 Å². The Kier molecular flexibility index (Phi) is 11.6. The average Bonchev–Trinajstić information content (AvgIpc) is 3.51. The minimum absolute atomic E-state index is 0. The Labute approximate surface area is 300 Å². The van der Waals surface area contributed by atoms with Crippen molar-refractivity contribution in [1.29, 1.82) is 0 Å². The van der Waals surface area contributed by atoms with Crippen molar-refractivity contribution in [3.05, 3.63) is 99.8 Å². The number of pyridine rings is 1. The third kappa shape index (κ3) is 6.82. The van der Waals surface area contributed by atoms with Crippen LogP contribution in [-0.4, -0.2) is 15.9 Å². The summed E-state index contributed by atoms with van der Waals surface area (Å²) in [5.41, 5.74) is 12.6. The summed E-state index contributed by atoms with van der Waals surface area (Å²) < 4.78 is 6.41. The van der Waals surface area contributed by atoms with Gasteiger partial charge in [-0.05, 0) is 99.4 Å². The first-order chi connectivity index (χ1) is 22.4. The number of aliphatic hydroxyl groups is 1. The van der Waals surface area contributed by atoms with E-state index in [1.165, 1.54) is 50.2 Å². The van der Waals surface area contributed by atoms with Crippen molar-refractivity contribution in [2.75, 3.05) is 0 Å². The molecule has 1 N–H and O–H groups in total. The van der Waals surface area contributed by atoms with Crippen molar-refractivity contribution in [3.8, 4) is 22.6 Å². The van der Waals surface area contributed by atoms with Crippen molar-refractivity contribution in [2.45, 2.75) is 100 Å². The number of fused-ring (bicyclic) bond motifs is 6. The Bertz CT molecular complexity index is 1990. The molecule has 0 atom stereocenters. The van der Waals surface area contributed by atoms with Crippen molar-refractivity contribution in [3.63, 3.8) is 0 Å². The van der Waals surface area contributed by atoms with E-state index in [2.05, 4.69) is 90.1 Å². The molecule has 3 aromatic carbocycles. The van der Waals surface area contributed by atoms with Crippen LogP contribution in [-0.2, 0) is 30.3 Å². The molecule has 2 heterocycles. The van der Waals surface area contributed by atoms with Gasteiger partial charge in [0.1, 0.15) is 11.3 Å². The molecule has 1 radical (unpaired) electrons. The molecule has 0 spiro atoms. The van der Waals surface area contributed by atoms with Crippen LogP contribution in [0.1, 0.15) is 101 Å². The Morgan fingerprint density at radius 1 is 0.875 bits per heavy atom. The van der Waals surface area contributed by atoms with Crippen LogP contribution in [0.5, 0.6) is 0 Å². The van der Waals surface area contributed by atoms with E-state index < -0.39 is 0 Å². The summed E-state index contributed by atoms with van der Waals surface area (Å²) in [7, 11) is 0. The fourth-order valence-electron chi connectivity index (χ4n) is 7.58. The summed E-state index contributed by atoms with van der Waals surface area (Å²) in [5, 5.41) is 12.2. The molecule has 2 aromatic heterocycles. The predicted molar refractivity (Wildman–Crippen MR) is 196 cm³/mol. The summed E-state index contributed by atoms with van der Waals surface area (Å²) in [6.07, 6.45) is 4.91. The molecule has 0 aliphatic heterocycles. The van der Waals surface area contributed by atoms with E-state index >= 15 is 0 Å². The number of aliphatic hydroxyl groups excluding tert-OH is 1. The molecule has 5 aromatic rings.